The summed E-state index contributed by atoms with van der Waals surface area (Å²) in [6.45, 7) is 1.73. The van der Waals surface area contributed by atoms with E-state index in [-0.39, 0.29) is 22.8 Å². The highest BCUT2D eigenvalue weighted by Gasteiger charge is 2.24. The van der Waals surface area contributed by atoms with Crippen LogP contribution in [0.1, 0.15) is 34.1 Å². The fourth-order valence-corrected chi connectivity index (χ4v) is 2.94. The molecule has 3 rings (SSSR count). The van der Waals surface area contributed by atoms with Gasteiger partial charge in [-0.1, -0.05) is 37.3 Å². The Balaban J connectivity index is 1.72. The molecule has 10 nitrogen and oxygen atoms in total. The molecule has 33 heavy (non-hydrogen) atoms. The lowest BCUT2D eigenvalue weighted by molar-refractivity contribution is -0.394. The van der Waals surface area contributed by atoms with E-state index in [0.29, 0.717) is 12.0 Å². The monoisotopic (exact) mass is 450 g/mol. The third kappa shape index (κ3) is 5.56. The van der Waals surface area contributed by atoms with E-state index in [1.165, 1.54) is 24.3 Å². The summed E-state index contributed by atoms with van der Waals surface area (Å²) in [4.78, 5) is 45.6. The van der Waals surface area contributed by atoms with Crippen LogP contribution in [0.25, 0.3) is 0 Å². The molecule has 3 aromatic carbocycles. The molecule has 0 aromatic heterocycles. The van der Waals surface area contributed by atoms with Crippen molar-refractivity contribution in [2.45, 2.75) is 19.4 Å². The smallest absolute Gasteiger partial charge is 0.338 e. The van der Waals surface area contributed by atoms with Gasteiger partial charge in [0.05, 0.1) is 21.5 Å². The quantitative estimate of drug-likeness (QED) is 0.190. The van der Waals surface area contributed by atoms with Crippen LogP contribution in [0.5, 0.6) is 11.5 Å². The molecule has 0 radical (unpaired) electrons. The molecule has 0 fully saturated rings. The van der Waals surface area contributed by atoms with Gasteiger partial charge < -0.3 is 9.47 Å². The molecule has 10 heteroatoms. The van der Waals surface area contributed by atoms with Crippen molar-refractivity contribution in [3.8, 4) is 11.5 Å². The van der Waals surface area contributed by atoms with Crippen LogP contribution in [-0.2, 0) is 4.74 Å². The minimum Gasteiger partial charge on any atom is -0.450 e. The molecule has 0 saturated carbocycles. The summed E-state index contributed by atoms with van der Waals surface area (Å²) in [7, 11) is 0. The van der Waals surface area contributed by atoms with Crippen LogP contribution in [0.2, 0.25) is 0 Å². The molecule has 0 amide bonds. The largest absolute Gasteiger partial charge is 0.450 e. The molecule has 0 aliphatic heterocycles. The number of hydrogen-bond donors (Lipinski definition) is 0. The third-order valence-electron chi connectivity index (χ3n) is 4.64. The Kier molecular flexibility index (Phi) is 7.09. The van der Waals surface area contributed by atoms with Gasteiger partial charge in [-0.3, -0.25) is 25.0 Å². The topological polar surface area (TPSA) is 139 Å². The van der Waals surface area contributed by atoms with Crippen molar-refractivity contribution >= 4 is 23.1 Å². The second kappa shape index (κ2) is 10.1. The number of Topliss-reactive ketones (excluding diaryl/α,β-unsaturated/α-hetero) is 1. The lowest BCUT2D eigenvalue weighted by Crippen LogP contribution is -2.26. The fraction of sp³-hybridized carbons (Fsp3) is 0.130. The number of nitrogens with zero attached hydrogens (tertiary/aromatic N) is 2. The van der Waals surface area contributed by atoms with Crippen LogP contribution in [0.3, 0.4) is 0 Å². The Morgan fingerprint density at radius 3 is 2.12 bits per heavy atom. The summed E-state index contributed by atoms with van der Waals surface area (Å²) < 4.78 is 10.8. The van der Waals surface area contributed by atoms with Crippen LogP contribution in [0, 0.1) is 20.2 Å². The molecular weight excluding hydrogens is 432 g/mol. The van der Waals surface area contributed by atoms with Crippen molar-refractivity contribution < 1.29 is 28.9 Å². The van der Waals surface area contributed by atoms with E-state index in [1.54, 1.807) is 37.3 Å². The normalized spacial score (nSPS) is 11.3. The Bertz CT molecular complexity index is 1190. The van der Waals surface area contributed by atoms with Crippen LogP contribution < -0.4 is 4.74 Å². The maximum absolute atomic E-state index is 12.6. The zero-order valence-electron chi connectivity index (χ0n) is 17.4. The highest BCUT2D eigenvalue weighted by atomic mass is 16.6. The highest BCUT2D eigenvalue weighted by molar-refractivity contribution is 6.01. The number of esters is 1. The zero-order valence-corrected chi connectivity index (χ0v) is 17.4. The second-order valence-corrected chi connectivity index (χ2v) is 6.83. The van der Waals surface area contributed by atoms with E-state index in [4.69, 9.17) is 9.47 Å². The number of carbonyl (C=O) groups excluding carboxylic acids is 2. The molecule has 168 valence electrons. The number of ether oxygens (including phenoxy) is 2. The Hall–Kier alpha value is -4.60. The van der Waals surface area contributed by atoms with Gasteiger partial charge in [0.1, 0.15) is 5.75 Å². The first-order valence-electron chi connectivity index (χ1n) is 9.81. The Labute approximate surface area is 187 Å². The van der Waals surface area contributed by atoms with E-state index < -0.39 is 33.3 Å². The van der Waals surface area contributed by atoms with Gasteiger partial charge in [-0.25, -0.2) is 4.79 Å². The van der Waals surface area contributed by atoms with Crippen LogP contribution >= 0.6 is 0 Å². The number of hydrogen-bond acceptors (Lipinski definition) is 8. The van der Waals surface area contributed by atoms with Gasteiger partial charge >= 0.3 is 11.7 Å². The van der Waals surface area contributed by atoms with E-state index in [2.05, 4.69) is 0 Å². The van der Waals surface area contributed by atoms with Crippen LogP contribution in [0.15, 0.2) is 72.8 Å². The number of nitro benzene ring substituents is 2. The van der Waals surface area contributed by atoms with E-state index in [0.717, 1.165) is 18.2 Å². The van der Waals surface area contributed by atoms with Gasteiger partial charge in [0.15, 0.2) is 6.10 Å². The zero-order chi connectivity index (χ0) is 24.0. The van der Waals surface area contributed by atoms with E-state index in [9.17, 15) is 29.8 Å². The van der Waals surface area contributed by atoms with Gasteiger partial charge in [0.2, 0.25) is 11.5 Å². The number of ketones is 1. The lowest BCUT2D eigenvalue weighted by atomic mass is 10.0. The van der Waals surface area contributed by atoms with Gasteiger partial charge in [0, 0.05) is 11.6 Å². The fourth-order valence-electron chi connectivity index (χ4n) is 2.94. The summed E-state index contributed by atoms with van der Waals surface area (Å²) in [5, 5.41) is 22.1. The molecule has 3 aromatic rings. The number of benzene rings is 3. The van der Waals surface area contributed by atoms with Gasteiger partial charge in [0.25, 0.3) is 5.69 Å². The first-order valence-corrected chi connectivity index (χ1v) is 9.81. The summed E-state index contributed by atoms with van der Waals surface area (Å²) in [6.07, 6.45) is -0.650. The predicted octanol–water partition coefficient (Wildman–Crippen LogP) is 5.11. The van der Waals surface area contributed by atoms with Gasteiger partial charge in [-0.15, -0.1) is 0 Å². The molecule has 0 aliphatic rings. The number of non-ortho nitro benzene ring substituents is 1. The molecule has 0 aliphatic carbocycles. The van der Waals surface area contributed by atoms with Crippen molar-refractivity contribution in [1.29, 1.82) is 0 Å². The maximum Gasteiger partial charge on any atom is 0.338 e. The molecule has 0 N–H and O–H groups in total. The van der Waals surface area contributed by atoms with Gasteiger partial charge in [-0.05, 0) is 36.8 Å². The van der Waals surface area contributed by atoms with Gasteiger partial charge in [-0.2, -0.15) is 0 Å². The van der Waals surface area contributed by atoms with Crippen molar-refractivity contribution in [3.05, 3.63) is 104 Å². The molecule has 0 bridgehead atoms. The predicted molar refractivity (Wildman–Crippen MR) is 117 cm³/mol. The molecule has 1 atom stereocenters. The van der Waals surface area contributed by atoms with E-state index in [1.807, 2.05) is 0 Å². The van der Waals surface area contributed by atoms with Crippen LogP contribution in [-0.4, -0.2) is 27.7 Å². The third-order valence-corrected chi connectivity index (χ3v) is 4.64. The first-order chi connectivity index (χ1) is 15.8. The molecule has 0 unspecified atom stereocenters. The van der Waals surface area contributed by atoms with Crippen molar-refractivity contribution in [2.75, 3.05) is 0 Å². The van der Waals surface area contributed by atoms with Crippen molar-refractivity contribution in [3.63, 3.8) is 0 Å². The minimum absolute atomic E-state index is 0.153. The molecular formula is C23H18N2O8. The highest BCUT2D eigenvalue weighted by Crippen LogP contribution is 2.34. The summed E-state index contributed by atoms with van der Waals surface area (Å²) in [5.74, 6) is -1.05. The summed E-state index contributed by atoms with van der Waals surface area (Å²) >= 11 is 0. The minimum atomic E-state index is -0.946. The average molecular weight is 450 g/mol. The van der Waals surface area contributed by atoms with Crippen molar-refractivity contribution in [1.82, 2.24) is 0 Å². The standard InChI is InChI=1S/C23H18N2O8/c1-2-20(22(26)15-6-4-3-5-7-15)33-23(27)16-8-11-18(12-9-16)32-21-13-10-17(24(28)29)14-19(21)25(30)31/h3-14,20H,2H2,1H3/t20-/m1/s1. The van der Waals surface area contributed by atoms with Crippen molar-refractivity contribution in [2.24, 2.45) is 0 Å². The Morgan fingerprint density at radius 1 is 0.879 bits per heavy atom. The van der Waals surface area contributed by atoms with Crippen LogP contribution in [0.4, 0.5) is 11.4 Å². The molecule has 0 spiro atoms. The SMILES string of the molecule is CC[C@@H](OC(=O)c1ccc(Oc2ccc([N+](=O)[O-])cc2[N+](=O)[O-])cc1)C(=O)c1ccccc1. The summed E-state index contributed by atoms with van der Waals surface area (Å²) in [5.41, 5.74) is -0.425. The second-order valence-electron chi connectivity index (χ2n) is 6.83. The Morgan fingerprint density at radius 2 is 1.55 bits per heavy atom. The molecule has 0 heterocycles. The number of carbonyl (C=O) groups is 2. The number of rotatable bonds is 9. The average Bonchev–Trinajstić information content (AvgIpc) is 2.83. The van der Waals surface area contributed by atoms with E-state index >= 15 is 0 Å². The lowest BCUT2D eigenvalue weighted by Gasteiger charge is -2.15. The molecule has 0 saturated heterocycles. The number of nitro groups is 2. The first kappa shape index (κ1) is 23.1. The summed E-state index contributed by atoms with van der Waals surface area (Å²) in [6, 6.07) is 17.1. The maximum atomic E-state index is 12.6.